The van der Waals surface area contributed by atoms with Crippen molar-refractivity contribution in [3.8, 4) is 5.75 Å². The number of amides is 2. The molecule has 1 atom stereocenters. The maximum Gasteiger partial charge on any atom is 0.267 e. The van der Waals surface area contributed by atoms with E-state index in [1.165, 1.54) is 24.3 Å². The van der Waals surface area contributed by atoms with Crippen LogP contribution in [-0.2, 0) is 9.59 Å². The third-order valence-corrected chi connectivity index (χ3v) is 5.25. The number of methoxy groups -OCH3 is 1. The maximum absolute atomic E-state index is 12.6. The molecule has 2 heterocycles. The molecule has 1 aromatic rings. The van der Waals surface area contributed by atoms with Gasteiger partial charge in [-0.1, -0.05) is 24.6 Å². The molecule has 1 aromatic carbocycles. The molecule has 2 aliphatic rings. The zero-order chi connectivity index (χ0) is 19.2. The molecular formula is C20H28N4O3. The molecular weight excluding hydrogens is 344 g/mol. The van der Waals surface area contributed by atoms with Crippen molar-refractivity contribution in [2.24, 2.45) is 5.10 Å². The Bertz CT molecular complexity index is 713. The molecule has 27 heavy (non-hydrogen) atoms. The monoisotopic (exact) mass is 372 g/mol. The van der Waals surface area contributed by atoms with Gasteiger partial charge in [0.1, 0.15) is 11.5 Å². The summed E-state index contributed by atoms with van der Waals surface area (Å²) >= 11 is 0. The van der Waals surface area contributed by atoms with E-state index in [1.54, 1.807) is 14.2 Å². The van der Waals surface area contributed by atoms with Crippen LogP contribution in [0.3, 0.4) is 0 Å². The first-order valence-electron chi connectivity index (χ1n) is 9.59. The molecule has 7 heteroatoms. The highest BCUT2D eigenvalue weighted by Crippen LogP contribution is 2.30. The molecule has 0 unspecified atom stereocenters. The highest BCUT2D eigenvalue weighted by molar-refractivity contribution is 6.39. The van der Waals surface area contributed by atoms with Crippen LogP contribution in [0.2, 0.25) is 0 Å². The number of hydrogen-bond donors (Lipinski definition) is 1. The number of hydrogen-bond acceptors (Lipinski definition) is 5. The van der Waals surface area contributed by atoms with E-state index in [0.717, 1.165) is 24.4 Å². The van der Waals surface area contributed by atoms with Crippen LogP contribution in [0.15, 0.2) is 29.4 Å². The first-order chi connectivity index (χ1) is 13.1. The quantitative estimate of drug-likeness (QED) is 0.828. The van der Waals surface area contributed by atoms with Crippen LogP contribution in [0.1, 0.15) is 43.7 Å². The number of nitrogens with zero attached hydrogens (tertiary/aromatic N) is 3. The van der Waals surface area contributed by atoms with Gasteiger partial charge in [-0.3, -0.25) is 14.5 Å². The largest absolute Gasteiger partial charge is 0.496 e. The Morgan fingerprint density at radius 1 is 1.22 bits per heavy atom. The van der Waals surface area contributed by atoms with E-state index in [9.17, 15) is 9.59 Å². The van der Waals surface area contributed by atoms with E-state index in [0.29, 0.717) is 25.1 Å². The smallest absolute Gasteiger partial charge is 0.267 e. The average Bonchev–Trinajstić information content (AvgIpc) is 2.71. The lowest BCUT2D eigenvalue weighted by atomic mass is 10.0. The molecule has 1 fully saturated rings. The standard InChI is InChI=1S/C20H28N4O3/c1-23-19(25)11-10-16(22-23)20(26)21-14-17(24-12-6-3-7-13-24)15-8-4-5-9-18(15)27-2/h4-5,8-9,17H,3,6-7,10-14H2,1-2H3,(H,21,26)/t17-/m0/s1. The number of nitrogens with one attached hydrogen (secondary N) is 1. The van der Waals surface area contributed by atoms with Crippen LogP contribution in [0.4, 0.5) is 0 Å². The zero-order valence-electron chi connectivity index (χ0n) is 16.1. The summed E-state index contributed by atoms with van der Waals surface area (Å²) in [5.41, 5.74) is 1.49. The van der Waals surface area contributed by atoms with Crippen LogP contribution in [0, 0.1) is 0 Å². The summed E-state index contributed by atoms with van der Waals surface area (Å²) in [5.74, 6) is 0.570. The molecule has 2 aliphatic heterocycles. The summed E-state index contributed by atoms with van der Waals surface area (Å²) < 4.78 is 5.56. The summed E-state index contributed by atoms with van der Waals surface area (Å²) in [5, 5.41) is 8.39. The van der Waals surface area contributed by atoms with Gasteiger partial charge in [0.25, 0.3) is 5.91 Å². The van der Waals surface area contributed by atoms with Crippen molar-refractivity contribution < 1.29 is 14.3 Å². The summed E-state index contributed by atoms with van der Waals surface area (Å²) in [6, 6.07) is 8.03. The predicted octanol–water partition coefficient (Wildman–Crippen LogP) is 1.95. The van der Waals surface area contributed by atoms with Crippen LogP contribution in [0.5, 0.6) is 5.75 Å². The second kappa shape index (κ2) is 8.99. The minimum absolute atomic E-state index is 0.0500. The van der Waals surface area contributed by atoms with Gasteiger partial charge >= 0.3 is 0 Å². The van der Waals surface area contributed by atoms with E-state index in [1.807, 2.05) is 18.2 Å². The van der Waals surface area contributed by atoms with Gasteiger partial charge in [0, 0.05) is 32.0 Å². The number of ether oxygens (including phenoxy) is 1. The maximum atomic E-state index is 12.6. The van der Waals surface area contributed by atoms with Crippen LogP contribution in [-0.4, -0.2) is 61.2 Å². The number of carbonyl (C=O) groups excluding carboxylic acids is 2. The summed E-state index contributed by atoms with van der Waals surface area (Å²) in [6.45, 7) is 2.50. The molecule has 146 valence electrons. The highest BCUT2D eigenvalue weighted by Gasteiger charge is 2.27. The van der Waals surface area contributed by atoms with Crippen molar-refractivity contribution in [1.82, 2.24) is 15.2 Å². The first-order valence-corrected chi connectivity index (χ1v) is 9.59. The number of likely N-dealkylation sites (tertiary alicyclic amines) is 1. The predicted molar refractivity (Wildman–Crippen MR) is 104 cm³/mol. The van der Waals surface area contributed by atoms with E-state index >= 15 is 0 Å². The Balaban J connectivity index is 1.74. The van der Waals surface area contributed by atoms with Gasteiger partial charge in [0.15, 0.2) is 0 Å². The van der Waals surface area contributed by atoms with Crippen LogP contribution < -0.4 is 10.1 Å². The van der Waals surface area contributed by atoms with Gasteiger partial charge in [0.05, 0.1) is 13.2 Å². The lowest BCUT2D eigenvalue weighted by Crippen LogP contribution is -2.43. The molecule has 0 radical (unpaired) electrons. The Kier molecular flexibility index (Phi) is 6.45. The van der Waals surface area contributed by atoms with Crippen molar-refractivity contribution in [1.29, 1.82) is 0 Å². The van der Waals surface area contributed by atoms with Crippen molar-refractivity contribution >= 4 is 17.5 Å². The topological polar surface area (TPSA) is 74.2 Å². The number of rotatable bonds is 6. The second-order valence-electron chi connectivity index (χ2n) is 7.03. The molecule has 7 nitrogen and oxygen atoms in total. The Labute approximate surface area is 160 Å². The lowest BCUT2D eigenvalue weighted by molar-refractivity contribution is -0.130. The van der Waals surface area contributed by atoms with Crippen LogP contribution in [0.25, 0.3) is 0 Å². The minimum atomic E-state index is -0.203. The third kappa shape index (κ3) is 4.66. The van der Waals surface area contributed by atoms with E-state index in [4.69, 9.17) is 4.74 Å². The Morgan fingerprint density at radius 3 is 2.67 bits per heavy atom. The molecule has 3 rings (SSSR count). The van der Waals surface area contributed by atoms with Crippen molar-refractivity contribution in [2.75, 3.05) is 33.8 Å². The van der Waals surface area contributed by atoms with Gasteiger partial charge in [0.2, 0.25) is 5.91 Å². The van der Waals surface area contributed by atoms with Gasteiger partial charge in [-0.2, -0.15) is 5.10 Å². The molecule has 1 N–H and O–H groups in total. The fourth-order valence-electron chi connectivity index (χ4n) is 3.73. The zero-order valence-corrected chi connectivity index (χ0v) is 16.1. The van der Waals surface area contributed by atoms with Crippen molar-refractivity contribution in [3.05, 3.63) is 29.8 Å². The number of benzene rings is 1. The second-order valence-corrected chi connectivity index (χ2v) is 7.03. The highest BCUT2D eigenvalue weighted by atomic mass is 16.5. The van der Waals surface area contributed by atoms with E-state index < -0.39 is 0 Å². The molecule has 0 aromatic heterocycles. The van der Waals surface area contributed by atoms with Gasteiger partial charge in [-0.05, 0) is 32.0 Å². The molecule has 0 aliphatic carbocycles. The number of carbonyl (C=O) groups is 2. The average molecular weight is 372 g/mol. The normalized spacial score (nSPS) is 19.4. The van der Waals surface area contributed by atoms with Crippen molar-refractivity contribution in [3.63, 3.8) is 0 Å². The lowest BCUT2D eigenvalue weighted by Gasteiger charge is -2.35. The molecule has 2 amide bonds. The van der Waals surface area contributed by atoms with Gasteiger partial charge in [-0.25, -0.2) is 5.01 Å². The van der Waals surface area contributed by atoms with E-state index in [-0.39, 0.29) is 17.9 Å². The molecule has 0 bridgehead atoms. The van der Waals surface area contributed by atoms with Gasteiger partial charge < -0.3 is 10.1 Å². The van der Waals surface area contributed by atoms with Gasteiger partial charge in [-0.15, -0.1) is 0 Å². The molecule has 0 saturated carbocycles. The molecule has 1 saturated heterocycles. The Hall–Kier alpha value is -2.41. The number of para-hydroxylation sites is 1. The fraction of sp³-hybridized carbons (Fsp3) is 0.550. The van der Waals surface area contributed by atoms with E-state index in [2.05, 4.69) is 21.4 Å². The first kappa shape index (κ1) is 19.4. The Morgan fingerprint density at radius 2 is 1.96 bits per heavy atom. The summed E-state index contributed by atoms with van der Waals surface area (Å²) in [6.07, 6.45) is 4.29. The minimum Gasteiger partial charge on any atom is -0.496 e. The summed E-state index contributed by atoms with van der Waals surface area (Å²) in [4.78, 5) is 26.6. The SMILES string of the molecule is COc1ccccc1[C@H](CNC(=O)C1=NN(C)C(=O)CC1)N1CCCCC1. The third-order valence-electron chi connectivity index (χ3n) is 5.25. The summed E-state index contributed by atoms with van der Waals surface area (Å²) in [7, 11) is 3.26. The number of hydrazone groups is 1. The van der Waals surface area contributed by atoms with Crippen LogP contribution >= 0.6 is 0 Å². The number of piperidine rings is 1. The van der Waals surface area contributed by atoms with Crippen molar-refractivity contribution in [2.45, 2.75) is 38.1 Å². The fourth-order valence-corrected chi connectivity index (χ4v) is 3.73. The molecule has 0 spiro atoms.